The van der Waals surface area contributed by atoms with Crippen molar-refractivity contribution < 1.29 is 43.8 Å². The van der Waals surface area contributed by atoms with E-state index in [9.17, 15) is 39.1 Å². The lowest BCUT2D eigenvalue weighted by Gasteiger charge is -2.48. The molecule has 8 atom stereocenters. The summed E-state index contributed by atoms with van der Waals surface area (Å²) in [6, 6.07) is 25.9. The molecule has 46 heavy (non-hydrogen) atoms. The number of benzene rings is 4. The zero-order valence-electron chi connectivity index (χ0n) is 24.7. The van der Waals surface area contributed by atoms with Crippen molar-refractivity contribution in [1.82, 2.24) is 0 Å². The highest BCUT2D eigenvalue weighted by Gasteiger charge is 2.48. The van der Waals surface area contributed by atoms with Crippen molar-refractivity contribution in [3.8, 4) is 11.1 Å². The molecule has 0 radical (unpaired) electrons. The van der Waals surface area contributed by atoms with Crippen LogP contribution in [0.2, 0.25) is 0 Å². The van der Waals surface area contributed by atoms with Crippen LogP contribution in [0.1, 0.15) is 47.8 Å². The third-order valence-electron chi connectivity index (χ3n) is 9.04. The fourth-order valence-electron chi connectivity index (χ4n) is 6.40. The quantitative estimate of drug-likeness (QED) is 0.174. The molecule has 2 aliphatic rings. The van der Waals surface area contributed by atoms with Crippen molar-refractivity contribution in [2.24, 2.45) is 5.92 Å². The maximum Gasteiger partial charge on any atom is 0.233 e. The number of halogens is 2. The maximum absolute atomic E-state index is 13.7. The molecule has 0 saturated carbocycles. The number of aliphatic hydroxyl groups is 5. The van der Waals surface area contributed by atoms with Gasteiger partial charge >= 0.3 is 0 Å². The van der Waals surface area contributed by atoms with Gasteiger partial charge in [-0.1, -0.05) is 60.7 Å². The number of anilines is 1. The second-order valence-electron chi connectivity index (χ2n) is 11.9. The van der Waals surface area contributed by atoms with Crippen LogP contribution in [0.5, 0.6) is 0 Å². The molecule has 6 rings (SSSR count). The molecule has 0 aliphatic carbocycles. The second kappa shape index (κ2) is 13.4. The molecule has 2 saturated heterocycles. The first-order valence-corrected chi connectivity index (χ1v) is 15.2. The number of hydrogen-bond donors (Lipinski definition) is 5. The van der Waals surface area contributed by atoms with Crippen LogP contribution >= 0.6 is 0 Å². The number of carbonyl (C=O) groups excluding carboxylic acids is 1. The Kier molecular flexibility index (Phi) is 9.28. The SMILES string of the molecule is O=C1[C@H](CC[C@@H](O)c2ccc(F)cc2)[C@H](c2ccc(-c3ccc([C@H]4O[C@@H](CO)[C@H](O)[C@@H](O)[C@@H]4O)cc3)cc2)N1c1ccc(F)cc1. The molecular formula is C36H35F2NO7. The highest BCUT2D eigenvalue weighted by Crippen LogP contribution is 2.46. The molecule has 0 bridgehead atoms. The summed E-state index contributed by atoms with van der Waals surface area (Å²) in [5.74, 6) is -1.36. The standard InChI is InChI=1S/C36H35F2NO7/c37-25-11-9-22(10-12-25)29(41)18-17-28-31(39(36(28)45)27-15-13-26(38)14-16-27)23-5-1-20(2-6-23)21-3-7-24(8-4-21)35-34(44)33(43)32(42)30(19-40)46-35/h1-16,28-35,40-44H,17-19H2/t28-,29-,30+,31+,32+,33-,34+,35-/m1/s1. The third-order valence-corrected chi connectivity index (χ3v) is 9.04. The number of nitrogens with zero attached hydrogens (tertiary/aromatic N) is 1. The van der Waals surface area contributed by atoms with Gasteiger partial charge in [0, 0.05) is 5.69 Å². The molecule has 2 heterocycles. The van der Waals surface area contributed by atoms with Crippen molar-refractivity contribution in [2.75, 3.05) is 11.5 Å². The van der Waals surface area contributed by atoms with Gasteiger partial charge in [0.25, 0.3) is 0 Å². The summed E-state index contributed by atoms with van der Waals surface area (Å²) in [5.41, 5.74) is 4.32. The molecule has 0 spiro atoms. The first-order chi connectivity index (χ1) is 22.2. The molecule has 2 aliphatic heterocycles. The Hall–Kier alpha value is -4.03. The summed E-state index contributed by atoms with van der Waals surface area (Å²) in [4.78, 5) is 15.0. The lowest BCUT2D eigenvalue weighted by molar-refractivity contribution is -0.231. The average molecular weight is 632 g/mol. The Morgan fingerprint density at radius 1 is 0.717 bits per heavy atom. The lowest BCUT2D eigenvalue weighted by Crippen LogP contribution is -2.55. The number of hydrogen-bond acceptors (Lipinski definition) is 7. The van der Waals surface area contributed by atoms with Crippen LogP contribution < -0.4 is 4.90 Å². The number of rotatable bonds is 9. The Bertz CT molecular complexity index is 1630. The van der Waals surface area contributed by atoms with Gasteiger partial charge in [0.2, 0.25) is 5.91 Å². The number of ether oxygens (including phenoxy) is 1. The Morgan fingerprint density at radius 3 is 1.83 bits per heavy atom. The summed E-state index contributed by atoms with van der Waals surface area (Å²) in [5, 5.41) is 50.9. The summed E-state index contributed by atoms with van der Waals surface area (Å²) >= 11 is 0. The average Bonchev–Trinajstić information content (AvgIpc) is 3.07. The molecule has 8 nitrogen and oxygen atoms in total. The van der Waals surface area contributed by atoms with Crippen LogP contribution in [-0.2, 0) is 9.53 Å². The van der Waals surface area contributed by atoms with Crippen molar-refractivity contribution in [2.45, 2.75) is 55.5 Å². The number of amides is 1. The molecule has 4 aromatic rings. The van der Waals surface area contributed by atoms with Crippen LogP contribution in [0.3, 0.4) is 0 Å². The van der Waals surface area contributed by atoms with E-state index in [0.717, 1.165) is 16.7 Å². The largest absolute Gasteiger partial charge is 0.394 e. The van der Waals surface area contributed by atoms with E-state index < -0.39 is 60.8 Å². The molecule has 0 aromatic heterocycles. The fraction of sp³-hybridized carbons (Fsp3) is 0.306. The normalized spacial score (nSPS) is 26.9. The first-order valence-electron chi connectivity index (χ1n) is 15.2. The van der Waals surface area contributed by atoms with E-state index in [1.165, 1.54) is 36.4 Å². The van der Waals surface area contributed by atoms with E-state index >= 15 is 0 Å². The summed E-state index contributed by atoms with van der Waals surface area (Å²) in [7, 11) is 0. The van der Waals surface area contributed by atoms with Gasteiger partial charge in [-0.2, -0.15) is 0 Å². The van der Waals surface area contributed by atoms with Crippen LogP contribution in [0.25, 0.3) is 11.1 Å². The zero-order valence-corrected chi connectivity index (χ0v) is 24.7. The van der Waals surface area contributed by atoms with Crippen molar-refractivity contribution >= 4 is 11.6 Å². The van der Waals surface area contributed by atoms with E-state index in [1.807, 2.05) is 36.4 Å². The minimum atomic E-state index is -1.47. The van der Waals surface area contributed by atoms with E-state index in [-0.39, 0.29) is 11.9 Å². The van der Waals surface area contributed by atoms with Gasteiger partial charge in [-0.15, -0.1) is 0 Å². The monoisotopic (exact) mass is 631 g/mol. The van der Waals surface area contributed by atoms with E-state index in [2.05, 4.69) is 0 Å². The number of carbonyl (C=O) groups is 1. The van der Waals surface area contributed by atoms with Crippen LogP contribution in [0, 0.1) is 17.6 Å². The topological polar surface area (TPSA) is 131 Å². The van der Waals surface area contributed by atoms with E-state index in [4.69, 9.17) is 4.74 Å². The van der Waals surface area contributed by atoms with Crippen LogP contribution in [0.4, 0.5) is 14.5 Å². The van der Waals surface area contributed by atoms with Crippen molar-refractivity contribution in [1.29, 1.82) is 0 Å². The highest BCUT2D eigenvalue weighted by atomic mass is 19.1. The number of aliphatic hydroxyl groups excluding tert-OH is 5. The van der Waals surface area contributed by atoms with Gasteiger partial charge in [-0.05, 0) is 77.1 Å². The molecule has 4 aromatic carbocycles. The minimum Gasteiger partial charge on any atom is -0.394 e. The lowest BCUT2D eigenvalue weighted by atomic mass is 9.78. The molecule has 240 valence electrons. The molecule has 0 unspecified atom stereocenters. The smallest absolute Gasteiger partial charge is 0.233 e. The summed E-state index contributed by atoms with van der Waals surface area (Å²) < 4.78 is 32.7. The Labute approximate surface area is 264 Å². The molecule has 10 heteroatoms. The van der Waals surface area contributed by atoms with Crippen molar-refractivity contribution in [3.05, 3.63) is 125 Å². The minimum absolute atomic E-state index is 0.129. The van der Waals surface area contributed by atoms with Gasteiger partial charge in [-0.3, -0.25) is 4.79 Å². The van der Waals surface area contributed by atoms with Crippen LogP contribution in [-0.4, -0.2) is 62.5 Å². The fourth-order valence-corrected chi connectivity index (χ4v) is 6.40. The first kappa shape index (κ1) is 31.9. The Balaban J connectivity index is 1.20. The molecule has 1 amide bonds. The van der Waals surface area contributed by atoms with Gasteiger partial charge in [-0.25, -0.2) is 8.78 Å². The number of β-lactam (4-membered cyclic amide) rings is 1. The molecule has 5 N–H and O–H groups in total. The van der Waals surface area contributed by atoms with E-state index in [0.29, 0.717) is 29.7 Å². The van der Waals surface area contributed by atoms with Gasteiger partial charge in [0.1, 0.15) is 42.2 Å². The van der Waals surface area contributed by atoms with Gasteiger partial charge < -0.3 is 35.2 Å². The molecule has 2 fully saturated rings. The van der Waals surface area contributed by atoms with Gasteiger partial charge in [0.05, 0.1) is 24.7 Å². The van der Waals surface area contributed by atoms with Gasteiger partial charge in [0.15, 0.2) is 0 Å². The predicted octanol–water partition coefficient (Wildman–Crippen LogP) is 4.36. The second-order valence-corrected chi connectivity index (χ2v) is 11.9. The van der Waals surface area contributed by atoms with Crippen molar-refractivity contribution in [3.63, 3.8) is 0 Å². The van der Waals surface area contributed by atoms with Crippen LogP contribution in [0.15, 0.2) is 97.1 Å². The summed E-state index contributed by atoms with van der Waals surface area (Å²) in [6.45, 7) is -0.507. The molecular weight excluding hydrogens is 596 g/mol. The van der Waals surface area contributed by atoms with E-state index in [1.54, 1.807) is 29.2 Å². The Morgan fingerprint density at radius 2 is 1.26 bits per heavy atom. The maximum atomic E-state index is 13.7. The summed E-state index contributed by atoms with van der Waals surface area (Å²) in [6.07, 6.45) is -6.37. The highest BCUT2D eigenvalue weighted by molar-refractivity contribution is 6.03. The predicted molar refractivity (Wildman–Crippen MR) is 165 cm³/mol. The third kappa shape index (κ3) is 6.20. The zero-order chi connectivity index (χ0) is 32.5.